The molecule has 2 N–H and O–H groups in total. The maximum absolute atomic E-state index is 5.20. The molecule has 0 fully saturated rings. The van der Waals surface area contributed by atoms with Crippen LogP contribution in [0.5, 0.6) is 0 Å². The van der Waals surface area contributed by atoms with Gasteiger partial charge in [-0.25, -0.2) is 0 Å². The minimum Gasteiger partial charge on any atom is -0.412 e. The third-order valence-electron chi connectivity index (χ3n) is 2.17. The Morgan fingerprint density at radius 2 is 1.00 bits per heavy atom. The Kier molecular flexibility index (Phi) is 9.81. The van der Waals surface area contributed by atoms with Crippen LogP contribution in [0.15, 0.2) is 66.7 Å². The Balaban J connectivity index is 0.000000352. The van der Waals surface area contributed by atoms with Crippen LogP contribution in [0.25, 0.3) is 0 Å². The summed E-state index contributed by atoms with van der Waals surface area (Å²) in [5, 5.41) is 1.18. The fourth-order valence-electron chi connectivity index (χ4n) is 1.36. The van der Waals surface area contributed by atoms with E-state index in [2.05, 4.69) is 0 Å². The molecule has 0 aliphatic carbocycles. The summed E-state index contributed by atoms with van der Waals surface area (Å²) in [6, 6.07) is 22.0. The molecule has 98 valence electrons. The third-order valence-corrected chi connectivity index (χ3v) is 3.95. The highest BCUT2D eigenvalue weighted by molar-refractivity contribution is 6.61. The molecule has 0 aliphatic rings. The predicted octanol–water partition coefficient (Wildman–Crippen LogP) is 1.27. The minimum atomic E-state index is -1.55. The summed E-state index contributed by atoms with van der Waals surface area (Å²) in [4.78, 5) is 0. The van der Waals surface area contributed by atoms with Crippen LogP contribution < -0.4 is 5.19 Å². The Morgan fingerprint density at radius 1 is 0.667 bits per heavy atom. The molecule has 2 rings (SSSR count). The second kappa shape index (κ2) is 10.7. The SMILES string of the molecule is CO[SiH](OC)c1ccccc1.O.c1ccccc1. The van der Waals surface area contributed by atoms with Crippen molar-refractivity contribution >= 4 is 14.5 Å². The summed E-state index contributed by atoms with van der Waals surface area (Å²) >= 11 is 0. The second-order valence-electron chi connectivity index (χ2n) is 3.37. The van der Waals surface area contributed by atoms with Crippen molar-refractivity contribution in [3.63, 3.8) is 0 Å². The van der Waals surface area contributed by atoms with E-state index in [1.54, 1.807) is 14.2 Å². The molecule has 2 aromatic rings. The lowest BCUT2D eigenvalue weighted by molar-refractivity contribution is 0.292. The van der Waals surface area contributed by atoms with E-state index < -0.39 is 9.28 Å². The topological polar surface area (TPSA) is 50.0 Å². The average Bonchev–Trinajstić information content (AvgIpc) is 2.44. The second-order valence-corrected chi connectivity index (χ2v) is 5.64. The molecule has 0 aliphatic heterocycles. The first-order valence-corrected chi connectivity index (χ1v) is 7.01. The Morgan fingerprint density at radius 3 is 1.33 bits per heavy atom. The quantitative estimate of drug-likeness (QED) is 0.784. The molecule has 2 aromatic carbocycles. The van der Waals surface area contributed by atoms with Crippen molar-refractivity contribution in [1.82, 2.24) is 0 Å². The monoisotopic (exact) mass is 264 g/mol. The van der Waals surface area contributed by atoms with E-state index in [1.165, 1.54) is 5.19 Å². The summed E-state index contributed by atoms with van der Waals surface area (Å²) in [6.45, 7) is 0. The molecular formula is C14H20O3Si. The van der Waals surface area contributed by atoms with Gasteiger partial charge in [0.15, 0.2) is 0 Å². The number of benzene rings is 2. The first-order chi connectivity index (χ1) is 8.38. The highest BCUT2D eigenvalue weighted by Crippen LogP contribution is 1.89. The number of hydrogen-bond donors (Lipinski definition) is 0. The minimum absolute atomic E-state index is 0. The molecule has 4 heteroatoms. The summed E-state index contributed by atoms with van der Waals surface area (Å²) in [5.74, 6) is 0. The lowest BCUT2D eigenvalue weighted by atomic mass is 10.4. The lowest BCUT2D eigenvalue weighted by Crippen LogP contribution is -2.34. The fraction of sp³-hybridized carbons (Fsp3) is 0.143. The highest BCUT2D eigenvalue weighted by Gasteiger charge is 2.10. The van der Waals surface area contributed by atoms with Gasteiger partial charge in [0, 0.05) is 14.2 Å². The van der Waals surface area contributed by atoms with Crippen LogP contribution in [0.2, 0.25) is 0 Å². The smallest absolute Gasteiger partial charge is 0.355 e. The number of hydrogen-bond acceptors (Lipinski definition) is 2. The molecular weight excluding hydrogens is 244 g/mol. The van der Waals surface area contributed by atoms with Gasteiger partial charge < -0.3 is 14.3 Å². The molecule has 0 saturated carbocycles. The molecule has 0 spiro atoms. The molecule has 0 amide bonds. The molecule has 3 nitrogen and oxygen atoms in total. The van der Waals surface area contributed by atoms with Gasteiger partial charge in [-0.1, -0.05) is 66.7 Å². The van der Waals surface area contributed by atoms with Crippen molar-refractivity contribution in [1.29, 1.82) is 0 Å². The van der Waals surface area contributed by atoms with Crippen LogP contribution in [0.3, 0.4) is 0 Å². The lowest BCUT2D eigenvalue weighted by Gasteiger charge is -2.09. The fourth-order valence-corrected chi connectivity index (χ4v) is 2.64. The van der Waals surface area contributed by atoms with Crippen molar-refractivity contribution < 1.29 is 14.3 Å². The van der Waals surface area contributed by atoms with E-state index in [1.807, 2.05) is 66.7 Å². The van der Waals surface area contributed by atoms with Crippen LogP contribution in [-0.2, 0) is 8.85 Å². The van der Waals surface area contributed by atoms with Gasteiger partial charge in [-0.05, 0) is 5.19 Å². The third kappa shape index (κ3) is 6.32. The maximum atomic E-state index is 5.20. The molecule has 0 unspecified atom stereocenters. The van der Waals surface area contributed by atoms with Crippen molar-refractivity contribution in [2.24, 2.45) is 0 Å². The van der Waals surface area contributed by atoms with Crippen LogP contribution in [0.4, 0.5) is 0 Å². The van der Waals surface area contributed by atoms with Gasteiger partial charge in [0.2, 0.25) is 0 Å². The first-order valence-electron chi connectivity index (χ1n) is 5.49. The Bertz CT molecular complexity index is 350. The molecule has 0 bridgehead atoms. The summed E-state index contributed by atoms with van der Waals surface area (Å²) in [7, 11) is 1.83. The standard InChI is InChI=1S/C8H12O2Si.C6H6.H2O/c1-9-11(10-2)8-6-4-3-5-7-8;1-2-4-6-5-3-1;/h3-7,11H,1-2H3;1-6H;1H2. The van der Waals surface area contributed by atoms with Crippen molar-refractivity contribution in [2.45, 2.75) is 0 Å². The van der Waals surface area contributed by atoms with E-state index in [-0.39, 0.29) is 5.48 Å². The van der Waals surface area contributed by atoms with Gasteiger partial charge in [-0.3, -0.25) is 0 Å². The Hall–Kier alpha value is -1.46. The predicted molar refractivity (Wildman–Crippen MR) is 77.3 cm³/mol. The normalized spacial score (nSPS) is 9.06. The van der Waals surface area contributed by atoms with Crippen LogP contribution >= 0.6 is 0 Å². The molecule has 18 heavy (non-hydrogen) atoms. The molecule has 0 aromatic heterocycles. The van der Waals surface area contributed by atoms with Crippen LogP contribution in [0, 0.1) is 0 Å². The molecule has 0 radical (unpaired) electrons. The van der Waals surface area contributed by atoms with Gasteiger partial charge in [-0.2, -0.15) is 0 Å². The van der Waals surface area contributed by atoms with Gasteiger partial charge in [-0.15, -0.1) is 0 Å². The maximum Gasteiger partial charge on any atom is 0.355 e. The summed E-state index contributed by atoms with van der Waals surface area (Å²) in [5.41, 5.74) is 0. The van der Waals surface area contributed by atoms with Crippen molar-refractivity contribution in [3.8, 4) is 0 Å². The highest BCUT2D eigenvalue weighted by atomic mass is 28.3. The summed E-state index contributed by atoms with van der Waals surface area (Å²) < 4.78 is 10.4. The van der Waals surface area contributed by atoms with E-state index in [9.17, 15) is 0 Å². The summed E-state index contributed by atoms with van der Waals surface area (Å²) in [6.07, 6.45) is 0. The van der Waals surface area contributed by atoms with Gasteiger partial charge >= 0.3 is 9.28 Å². The van der Waals surface area contributed by atoms with Gasteiger partial charge in [0.05, 0.1) is 0 Å². The number of rotatable bonds is 3. The largest absolute Gasteiger partial charge is 0.412 e. The average molecular weight is 264 g/mol. The molecule has 0 heterocycles. The zero-order chi connectivity index (χ0) is 12.3. The van der Waals surface area contributed by atoms with E-state index >= 15 is 0 Å². The molecule has 0 atom stereocenters. The van der Waals surface area contributed by atoms with Crippen LogP contribution in [-0.4, -0.2) is 29.0 Å². The van der Waals surface area contributed by atoms with Crippen molar-refractivity contribution in [3.05, 3.63) is 66.7 Å². The zero-order valence-corrected chi connectivity index (χ0v) is 11.9. The molecule has 0 saturated heterocycles. The van der Waals surface area contributed by atoms with E-state index in [4.69, 9.17) is 8.85 Å². The van der Waals surface area contributed by atoms with E-state index in [0.717, 1.165) is 0 Å². The van der Waals surface area contributed by atoms with Gasteiger partial charge in [0.1, 0.15) is 0 Å². The Labute approximate surface area is 110 Å². The van der Waals surface area contributed by atoms with Crippen molar-refractivity contribution in [2.75, 3.05) is 14.2 Å². The first kappa shape index (κ1) is 16.5. The zero-order valence-electron chi connectivity index (χ0n) is 10.7. The van der Waals surface area contributed by atoms with Crippen LogP contribution in [0.1, 0.15) is 0 Å². The van der Waals surface area contributed by atoms with Gasteiger partial charge in [0.25, 0.3) is 0 Å². The van der Waals surface area contributed by atoms with E-state index in [0.29, 0.717) is 0 Å².